The Morgan fingerprint density at radius 3 is 2.67 bits per heavy atom. The molecular weight excluding hydrogens is 342 g/mol. The number of amides is 1. The highest BCUT2D eigenvalue weighted by Gasteiger charge is 2.25. The number of aromatic carboxylic acids is 1. The lowest BCUT2D eigenvalue weighted by Gasteiger charge is -2.29. The number of halogens is 1. The van der Waals surface area contributed by atoms with E-state index in [4.69, 9.17) is 9.47 Å². The second-order valence-electron chi connectivity index (χ2n) is 4.64. The van der Waals surface area contributed by atoms with E-state index in [0.29, 0.717) is 30.8 Å². The standard InChI is InChI=1S/C14H16BrNO5/c1-9(13(17)16-4-6-20-7-5-16)21-12-3-2-10(15)8-11(12)14(18)19/h2-3,8-9H,4-7H2,1H3,(H,18,19). The van der Waals surface area contributed by atoms with Gasteiger partial charge in [0.15, 0.2) is 6.10 Å². The lowest BCUT2D eigenvalue weighted by Crippen LogP contribution is -2.46. The van der Waals surface area contributed by atoms with E-state index in [1.807, 2.05) is 0 Å². The molecule has 0 aromatic heterocycles. The minimum atomic E-state index is -1.10. The largest absolute Gasteiger partial charge is 0.480 e. The monoisotopic (exact) mass is 357 g/mol. The van der Waals surface area contributed by atoms with Crippen molar-refractivity contribution < 1.29 is 24.2 Å². The van der Waals surface area contributed by atoms with Crippen LogP contribution in [0.2, 0.25) is 0 Å². The van der Waals surface area contributed by atoms with E-state index in [9.17, 15) is 14.7 Å². The van der Waals surface area contributed by atoms with Crippen LogP contribution in [0.25, 0.3) is 0 Å². The number of ether oxygens (including phenoxy) is 2. The molecule has 1 N–H and O–H groups in total. The molecule has 1 unspecified atom stereocenters. The summed E-state index contributed by atoms with van der Waals surface area (Å²) in [5, 5.41) is 9.18. The van der Waals surface area contributed by atoms with E-state index in [1.165, 1.54) is 12.1 Å². The summed E-state index contributed by atoms with van der Waals surface area (Å²) in [5.74, 6) is -1.09. The maximum absolute atomic E-state index is 12.2. The second kappa shape index (κ2) is 6.91. The Balaban J connectivity index is 2.10. The highest BCUT2D eigenvalue weighted by atomic mass is 79.9. The predicted molar refractivity (Wildman–Crippen MR) is 78.6 cm³/mol. The zero-order chi connectivity index (χ0) is 15.4. The number of rotatable bonds is 4. The summed E-state index contributed by atoms with van der Waals surface area (Å²) in [4.78, 5) is 25.1. The summed E-state index contributed by atoms with van der Waals surface area (Å²) >= 11 is 3.21. The van der Waals surface area contributed by atoms with Crippen LogP contribution in [0.3, 0.4) is 0 Å². The lowest BCUT2D eigenvalue weighted by molar-refractivity contribution is -0.142. The molecule has 1 amide bonds. The SMILES string of the molecule is CC(Oc1ccc(Br)cc1C(=O)O)C(=O)N1CCOCC1. The molecule has 1 atom stereocenters. The van der Waals surface area contributed by atoms with Crippen LogP contribution in [0, 0.1) is 0 Å². The Hall–Kier alpha value is -1.60. The lowest BCUT2D eigenvalue weighted by atomic mass is 10.2. The average molecular weight is 358 g/mol. The van der Waals surface area contributed by atoms with Crippen LogP contribution in [0.1, 0.15) is 17.3 Å². The van der Waals surface area contributed by atoms with Gasteiger partial charge >= 0.3 is 5.97 Å². The molecule has 6 nitrogen and oxygen atoms in total. The molecule has 0 aliphatic carbocycles. The zero-order valence-corrected chi connectivity index (χ0v) is 13.1. The number of benzene rings is 1. The third-order valence-corrected chi connectivity index (χ3v) is 3.64. The minimum Gasteiger partial charge on any atom is -0.480 e. The number of nitrogens with zero attached hydrogens (tertiary/aromatic N) is 1. The van der Waals surface area contributed by atoms with E-state index >= 15 is 0 Å². The highest BCUT2D eigenvalue weighted by Crippen LogP contribution is 2.24. The van der Waals surface area contributed by atoms with Crippen molar-refractivity contribution in [1.29, 1.82) is 0 Å². The van der Waals surface area contributed by atoms with Gasteiger partial charge < -0.3 is 19.5 Å². The van der Waals surface area contributed by atoms with Crippen LogP contribution in [-0.2, 0) is 9.53 Å². The summed E-state index contributed by atoms with van der Waals surface area (Å²) < 4.78 is 11.4. The number of hydrogen-bond acceptors (Lipinski definition) is 4. The second-order valence-corrected chi connectivity index (χ2v) is 5.56. The molecule has 0 bridgehead atoms. The summed E-state index contributed by atoms with van der Waals surface area (Å²) in [7, 11) is 0. The fourth-order valence-corrected chi connectivity index (χ4v) is 2.41. The molecule has 1 fully saturated rings. The molecule has 0 radical (unpaired) electrons. The molecular formula is C14H16BrNO5. The summed E-state index contributed by atoms with van der Waals surface area (Å²) in [6.45, 7) is 3.69. The van der Waals surface area contributed by atoms with Crippen molar-refractivity contribution in [3.8, 4) is 5.75 Å². The third kappa shape index (κ3) is 3.95. The molecule has 2 rings (SSSR count). The van der Waals surface area contributed by atoms with Crippen LogP contribution in [0.15, 0.2) is 22.7 Å². The maximum Gasteiger partial charge on any atom is 0.339 e. The first-order valence-electron chi connectivity index (χ1n) is 6.55. The Morgan fingerprint density at radius 1 is 1.38 bits per heavy atom. The van der Waals surface area contributed by atoms with Crippen molar-refractivity contribution in [3.63, 3.8) is 0 Å². The summed E-state index contributed by atoms with van der Waals surface area (Å²) in [5.41, 5.74) is 0.0194. The molecule has 1 aromatic rings. The Bertz CT molecular complexity index is 542. The summed E-state index contributed by atoms with van der Waals surface area (Å²) in [6.07, 6.45) is -0.748. The molecule has 114 valence electrons. The topological polar surface area (TPSA) is 76.1 Å². The van der Waals surface area contributed by atoms with Gasteiger partial charge in [0.2, 0.25) is 0 Å². The van der Waals surface area contributed by atoms with Gasteiger partial charge in [-0.25, -0.2) is 4.79 Å². The van der Waals surface area contributed by atoms with Crippen molar-refractivity contribution in [3.05, 3.63) is 28.2 Å². The maximum atomic E-state index is 12.2. The summed E-state index contributed by atoms with van der Waals surface area (Å²) in [6, 6.07) is 4.66. The molecule has 1 saturated heterocycles. The number of carbonyl (C=O) groups is 2. The first-order valence-corrected chi connectivity index (χ1v) is 7.34. The van der Waals surface area contributed by atoms with E-state index in [-0.39, 0.29) is 17.2 Å². The average Bonchev–Trinajstić information content (AvgIpc) is 2.49. The van der Waals surface area contributed by atoms with Crippen LogP contribution >= 0.6 is 15.9 Å². The Morgan fingerprint density at radius 2 is 2.05 bits per heavy atom. The van der Waals surface area contributed by atoms with Gasteiger partial charge in [0.25, 0.3) is 5.91 Å². The minimum absolute atomic E-state index is 0.0194. The predicted octanol–water partition coefficient (Wildman–Crippen LogP) is 1.77. The molecule has 1 aromatic carbocycles. The van der Waals surface area contributed by atoms with Crippen LogP contribution < -0.4 is 4.74 Å². The molecule has 21 heavy (non-hydrogen) atoms. The normalized spacial score (nSPS) is 16.4. The fourth-order valence-electron chi connectivity index (χ4n) is 2.05. The van der Waals surface area contributed by atoms with Gasteiger partial charge in [-0.05, 0) is 25.1 Å². The van der Waals surface area contributed by atoms with E-state index in [0.717, 1.165) is 0 Å². The van der Waals surface area contributed by atoms with Crippen molar-refractivity contribution >= 4 is 27.8 Å². The van der Waals surface area contributed by atoms with Crippen LogP contribution in [0.4, 0.5) is 0 Å². The number of carboxylic acids is 1. The van der Waals surface area contributed by atoms with Crippen LogP contribution in [-0.4, -0.2) is 54.3 Å². The fraction of sp³-hybridized carbons (Fsp3) is 0.429. The zero-order valence-electron chi connectivity index (χ0n) is 11.5. The van der Waals surface area contributed by atoms with Gasteiger partial charge in [0.1, 0.15) is 11.3 Å². The molecule has 7 heteroatoms. The number of carboxylic acid groups (broad SMARTS) is 1. The molecule has 0 spiro atoms. The van der Waals surface area contributed by atoms with Gasteiger partial charge in [-0.3, -0.25) is 4.79 Å². The third-order valence-electron chi connectivity index (χ3n) is 3.15. The van der Waals surface area contributed by atoms with Gasteiger partial charge in [-0.1, -0.05) is 15.9 Å². The van der Waals surface area contributed by atoms with Gasteiger partial charge in [-0.2, -0.15) is 0 Å². The number of morpholine rings is 1. The van der Waals surface area contributed by atoms with E-state index in [1.54, 1.807) is 17.9 Å². The van der Waals surface area contributed by atoms with Gasteiger partial charge in [0, 0.05) is 17.6 Å². The molecule has 1 aliphatic rings. The first-order chi connectivity index (χ1) is 9.99. The van der Waals surface area contributed by atoms with E-state index in [2.05, 4.69) is 15.9 Å². The van der Waals surface area contributed by atoms with E-state index < -0.39 is 12.1 Å². The van der Waals surface area contributed by atoms with Crippen molar-refractivity contribution in [2.24, 2.45) is 0 Å². The van der Waals surface area contributed by atoms with Gasteiger partial charge in [-0.15, -0.1) is 0 Å². The molecule has 1 heterocycles. The van der Waals surface area contributed by atoms with Gasteiger partial charge in [0.05, 0.1) is 13.2 Å². The van der Waals surface area contributed by atoms with Crippen LogP contribution in [0.5, 0.6) is 5.75 Å². The smallest absolute Gasteiger partial charge is 0.339 e. The van der Waals surface area contributed by atoms with Crippen molar-refractivity contribution in [2.75, 3.05) is 26.3 Å². The Kier molecular flexibility index (Phi) is 5.19. The van der Waals surface area contributed by atoms with Crippen molar-refractivity contribution in [2.45, 2.75) is 13.0 Å². The number of hydrogen-bond donors (Lipinski definition) is 1. The Labute approximate surface area is 130 Å². The molecule has 1 aliphatic heterocycles. The highest BCUT2D eigenvalue weighted by molar-refractivity contribution is 9.10. The molecule has 0 saturated carbocycles. The quantitative estimate of drug-likeness (QED) is 0.888. The number of carbonyl (C=O) groups excluding carboxylic acids is 1. The van der Waals surface area contributed by atoms with Crippen molar-refractivity contribution in [1.82, 2.24) is 4.90 Å². The first kappa shape index (κ1) is 15.8.